The van der Waals surface area contributed by atoms with E-state index in [9.17, 15) is 19.6 Å². The van der Waals surface area contributed by atoms with Crippen molar-refractivity contribution < 1.29 is 14.4 Å². The van der Waals surface area contributed by atoms with E-state index in [1.807, 2.05) is 13.0 Å². The fourth-order valence-electron chi connectivity index (χ4n) is 10.4. The van der Waals surface area contributed by atoms with Gasteiger partial charge in [-0.25, -0.2) is 0 Å². The van der Waals surface area contributed by atoms with Crippen LogP contribution in [0.3, 0.4) is 0 Å². The number of nitrogens with two attached hydrogens (primary N) is 1. The quantitative estimate of drug-likeness (QED) is 0.546. The Hall–Kier alpha value is -1.96. The molecule has 0 saturated heterocycles. The Morgan fingerprint density at radius 3 is 2.29 bits per heavy atom. The van der Waals surface area contributed by atoms with E-state index < -0.39 is 5.41 Å². The van der Waals surface area contributed by atoms with Crippen LogP contribution in [0.4, 0.5) is 0 Å². The molecule has 0 heterocycles. The number of allylic oxidation sites excluding steroid dienone is 2. The molecule has 0 spiro atoms. The van der Waals surface area contributed by atoms with E-state index >= 15 is 0 Å². The lowest BCUT2D eigenvalue weighted by Crippen LogP contribution is -2.69. The number of rotatable bonds is 1. The number of fused-ring (bicyclic) bond motifs is 7. The Morgan fingerprint density at radius 2 is 1.66 bits per heavy atom. The van der Waals surface area contributed by atoms with Crippen molar-refractivity contribution in [3.05, 3.63) is 11.6 Å². The first-order valence-corrected chi connectivity index (χ1v) is 13.7. The fourth-order valence-corrected chi connectivity index (χ4v) is 10.4. The summed E-state index contributed by atoms with van der Waals surface area (Å²) in [5.41, 5.74) is 5.21. The number of carbonyl (C=O) groups excluding carboxylic acids is 3. The predicted molar refractivity (Wildman–Crippen MR) is 133 cm³/mol. The van der Waals surface area contributed by atoms with Gasteiger partial charge in [-0.05, 0) is 84.4 Å². The number of hydrogen-bond acceptors (Lipinski definition) is 4. The molecule has 0 aliphatic heterocycles. The Kier molecular flexibility index (Phi) is 5.15. The lowest BCUT2D eigenvalue weighted by Gasteiger charge is -2.71. The summed E-state index contributed by atoms with van der Waals surface area (Å²) in [6, 6.07) is 2.17. The van der Waals surface area contributed by atoms with E-state index in [-0.39, 0.29) is 74.3 Å². The van der Waals surface area contributed by atoms with Crippen molar-refractivity contribution in [2.24, 2.45) is 62.4 Å². The van der Waals surface area contributed by atoms with Gasteiger partial charge in [-0.2, -0.15) is 5.26 Å². The monoisotopic (exact) mass is 478 g/mol. The number of nitriles is 1. The molecule has 4 saturated carbocycles. The number of amides is 1. The van der Waals surface area contributed by atoms with Gasteiger partial charge >= 0.3 is 0 Å². The molecule has 9 atom stereocenters. The summed E-state index contributed by atoms with van der Waals surface area (Å²) < 4.78 is 0. The maximum absolute atomic E-state index is 14.3. The zero-order valence-electron chi connectivity index (χ0n) is 22.4. The summed E-state index contributed by atoms with van der Waals surface area (Å²) in [7, 11) is 0. The second-order valence-electron chi connectivity index (χ2n) is 14.4. The molecule has 5 heteroatoms. The van der Waals surface area contributed by atoms with Gasteiger partial charge in [0.2, 0.25) is 5.91 Å². The van der Waals surface area contributed by atoms with Crippen molar-refractivity contribution >= 4 is 17.5 Å². The molecule has 1 amide bonds. The molecule has 190 valence electrons. The summed E-state index contributed by atoms with van der Waals surface area (Å²) in [6.07, 6.45) is 8.54. The topological polar surface area (TPSA) is 101 Å². The van der Waals surface area contributed by atoms with Gasteiger partial charge in [-0.3, -0.25) is 14.4 Å². The van der Waals surface area contributed by atoms with Gasteiger partial charge in [0, 0.05) is 18.3 Å². The van der Waals surface area contributed by atoms with Crippen LogP contribution in [0.1, 0.15) is 92.9 Å². The molecule has 0 aromatic carbocycles. The van der Waals surface area contributed by atoms with Gasteiger partial charge in [-0.15, -0.1) is 0 Å². The van der Waals surface area contributed by atoms with E-state index in [1.54, 1.807) is 0 Å². The van der Waals surface area contributed by atoms with Crippen LogP contribution < -0.4 is 5.73 Å². The highest BCUT2D eigenvalue weighted by molar-refractivity contribution is 6.02. The van der Waals surface area contributed by atoms with E-state index in [0.29, 0.717) is 6.42 Å². The number of Topliss-reactive ketones (excluding diaryl/α,β-unsaturated/α-hetero) is 2. The molecule has 0 aromatic heterocycles. The third-order valence-electron chi connectivity index (χ3n) is 12.6. The summed E-state index contributed by atoms with van der Waals surface area (Å²) in [5.74, 6) is -0.101. The SMILES string of the molecule is C[C@@H]1C(=O)C(C#N)=C[C@]2(C)[C@H]3CC(=O)C4C5CC(C)(C)CC[C@]5(C(N)=O)CC[C@@]4(C)[C@]3(C)CC[C@@H]12. The molecule has 5 nitrogen and oxygen atoms in total. The smallest absolute Gasteiger partial charge is 0.223 e. The molecule has 0 bridgehead atoms. The molecular formula is C30H42N2O3. The summed E-state index contributed by atoms with van der Waals surface area (Å²) in [5, 5.41) is 9.74. The van der Waals surface area contributed by atoms with Crippen molar-refractivity contribution in [2.45, 2.75) is 92.9 Å². The molecule has 2 unspecified atom stereocenters. The van der Waals surface area contributed by atoms with Crippen molar-refractivity contribution in [2.75, 3.05) is 0 Å². The van der Waals surface area contributed by atoms with Gasteiger partial charge in [-0.1, -0.05) is 47.6 Å². The maximum atomic E-state index is 14.3. The number of carbonyl (C=O) groups is 3. The molecule has 5 aliphatic carbocycles. The molecule has 0 aromatic rings. The highest BCUT2D eigenvalue weighted by Crippen LogP contribution is 2.75. The second-order valence-corrected chi connectivity index (χ2v) is 14.4. The first kappa shape index (κ1) is 24.7. The highest BCUT2D eigenvalue weighted by atomic mass is 16.1. The van der Waals surface area contributed by atoms with Crippen LogP contribution in [0.2, 0.25) is 0 Å². The van der Waals surface area contributed by atoms with Crippen molar-refractivity contribution in [3.63, 3.8) is 0 Å². The first-order chi connectivity index (χ1) is 16.2. The lowest BCUT2D eigenvalue weighted by molar-refractivity contribution is -0.218. The second kappa shape index (κ2) is 7.30. The van der Waals surface area contributed by atoms with Gasteiger partial charge in [0.05, 0.1) is 11.0 Å². The average Bonchev–Trinajstić information content (AvgIpc) is 2.77. The number of hydrogen-bond donors (Lipinski definition) is 1. The van der Waals surface area contributed by atoms with Crippen LogP contribution in [0.15, 0.2) is 11.6 Å². The van der Waals surface area contributed by atoms with E-state index in [2.05, 4.69) is 40.7 Å². The highest BCUT2D eigenvalue weighted by Gasteiger charge is 2.72. The van der Waals surface area contributed by atoms with Gasteiger partial charge < -0.3 is 5.73 Å². The normalized spacial score (nSPS) is 50.5. The van der Waals surface area contributed by atoms with Crippen LogP contribution in [0.25, 0.3) is 0 Å². The Balaban J connectivity index is 1.64. The molecule has 35 heavy (non-hydrogen) atoms. The molecule has 4 fully saturated rings. The van der Waals surface area contributed by atoms with Crippen LogP contribution >= 0.6 is 0 Å². The van der Waals surface area contributed by atoms with Crippen LogP contribution in [-0.2, 0) is 14.4 Å². The third-order valence-corrected chi connectivity index (χ3v) is 12.6. The molecule has 0 radical (unpaired) electrons. The maximum Gasteiger partial charge on any atom is 0.223 e. The summed E-state index contributed by atoms with van der Waals surface area (Å²) >= 11 is 0. The average molecular weight is 479 g/mol. The third kappa shape index (κ3) is 2.95. The van der Waals surface area contributed by atoms with Gasteiger partial charge in [0.15, 0.2) is 5.78 Å². The summed E-state index contributed by atoms with van der Waals surface area (Å²) in [6.45, 7) is 13.4. The van der Waals surface area contributed by atoms with Crippen molar-refractivity contribution in [1.82, 2.24) is 0 Å². The van der Waals surface area contributed by atoms with Crippen LogP contribution in [-0.4, -0.2) is 17.5 Å². The number of ketones is 2. The first-order valence-electron chi connectivity index (χ1n) is 13.7. The van der Waals surface area contributed by atoms with Gasteiger partial charge in [0.1, 0.15) is 11.9 Å². The molecule has 2 N–H and O–H groups in total. The predicted octanol–water partition coefficient (Wildman–Crippen LogP) is 5.38. The van der Waals surface area contributed by atoms with Gasteiger partial charge in [0.25, 0.3) is 0 Å². The zero-order valence-corrected chi connectivity index (χ0v) is 22.4. The Bertz CT molecular complexity index is 1080. The Labute approximate surface area is 210 Å². The standard InChI is InChI=1S/C30H42N2O3/c1-17-19-7-8-28(5)22(27(19,4)14-18(16-31)24(17)34)13-21(33)23-20-15-26(2,3)9-11-30(20,25(32)35)12-10-29(23,28)6/h14,17,19-20,22-23H,7-13,15H2,1-6H3,(H2,32,35)/t17-,19-,20?,22+,23?,27-,28+,29+,30-/m0/s1. The minimum atomic E-state index is -0.570. The van der Waals surface area contributed by atoms with E-state index in [0.717, 1.165) is 44.9 Å². The van der Waals surface area contributed by atoms with Crippen LogP contribution in [0.5, 0.6) is 0 Å². The minimum absolute atomic E-state index is 0.00428. The lowest BCUT2D eigenvalue weighted by atomic mass is 9.32. The van der Waals surface area contributed by atoms with E-state index in [1.165, 1.54) is 0 Å². The number of primary amides is 1. The van der Waals surface area contributed by atoms with Crippen molar-refractivity contribution in [1.29, 1.82) is 5.26 Å². The minimum Gasteiger partial charge on any atom is -0.369 e. The Morgan fingerprint density at radius 1 is 1.00 bits per heavy atom. The number of nitrogens with zero attached hydrogens (tertiary/aromatic N) is 1. The van der Waals surface area contributed by atoms with Crippen LogP contribution in [0, 0.1) is 68.0 Å². The fraction of sp³-hybridized carbons (Fsp3) is 0.800. The molecule has 5 rings (SSSR count). The largest absolute Gasteiger partial charge is 0.369 e. The van der Waals surface area contributed by atoms with Crippen molar-refractivity contribution in [3.8, 4) is 6.07 Å². The van der Waals surface area contributed by atoms with E-state index in [4.69, 9.17) is 5.73 Å². The molecular weight excluding hydrogens is 436 g/mol. The zero-order chi connectivity index (χ0) is 25.8. The summed E-state index contributed by atoms with van der Waals surface area (Å²) in [4.78, 5) is 40.1. The molecule has 5 aliphatic rings.